The minimum Gasteiger partial charge on any atom is -0.378 e. The van der Waals surface area contributed by atoms with Gasteiger partial charge in [0, 0.05) is 32.6 Å². The Hall–Kier alpha value is -0.990. The number of rotatable bonds is 10. The van der Waals surface area contributed by atoms with E-state index in [1.165, 1.54) is 83.7 Å². The van der Waals surface area contributed by atoms with Gasteiger partial charge in [-0.15, -0.1) is 0 Å². The van der Waals surface area contributed by atoms with E-state index in [-0.39, 0.29) is 0 Å². The number of carbonyl (C=O) groups is 1. The third kappa shape index (κ3) is 11.7. The van der Waals surface area contributed by atoms with Crippen LogP contribution in [0.3, 0.4) is 0 Å². The van der Waals surface area contributed by atoms with Crippen molar-refractivity contribution < 1.29 is 4.79 Å². The van der Waals surface area contributed by atoms with Crippen LogP contribution in [0.1, 0.15) is 111 Å². The van der Waals surface area contributed by atoms with E-state index in [9.17, 15) is 4.79 Å². The second kappa shape index (κ2) is 16.8. The van der Waals surface area contributed by atoms with Crippen LogP contribution in [0.25, 0.3) is 0 Å². The van der Waals surface area contributed by atoms with Crippen LogP contribution in [0.4, 0.5) is 0 Å². The van der Waals surface area contributed by atoms with E-state index in [0.29, 0.717) is 5.91 Å². The van der Waals surface area contributed by atoms with Crippen molar-refractivity contribution >= 4 is 5.91 Å². The Morgan fingerprint density at radius 3 is 1.79 bits per heavy atom. The summed E-state index contributed by atoms with van der Waals surface area (Å²) in [5, 5.41) is 0. The normalized spacial score (nSPS) is 17.7. The molecule has 0 bridgehead atoms. The van der Waals surface area contributed by atoms with Gasteiger partial charge in [0.15, 0.2) is 0 Å². The molecule has 0 N–H and O–H groups in total. The molecule has 1 amide bonds. The third-order valence-corrected chi connectivity index (χ3v) is 6.96. The monoisotopic (exact) mass is 406 g/mol. The maximum absolute atomic E-state index is 11.9. The fourth-order valence-corrected chi connectivity index (χ4v) is 4.42. The minimum atomic E-state index is 0.390. The molecule has 0 aromatic heterocycles. The molecular weight excluding hydrogens is 356 g/mol. The molecule has 0 spiro atoms. The van der Waals surface area contributed by atoms with Crippen LogP contribution in [0.2, 0.25) is 0 Å². The molecule has 2 fully saturated rings. The van der Waals surface area contributed by atoms with Gasteiger partial charge in [-0.05, 0) is 69.4 Å². The lowest BCUT2D eigenvalue weighted by Gasteiger charge is -2.27. The van der Waals surface area contributed by atoms with E-state index < -0.39 is 0 Å². The first kappa shape index (κ1) is 26.0. The topological polar surface area (TPSA) is 23.6 Å². The van der Waals surface area contributed by atoms with Gasteiger partial charge in [0.05, 0.1) is 0 Å². The predicted octanol–water partition coefficient (Wildman–Crippen LogP) is 7.03. The summed E-state index contributed by atoms with van der Waals surface area (Å²) in [6.45, 7) is 13.6. The molecule has 29 heavy (non-hydrogen) atoms. The highest BCUT2D eigenvalue weighted by Gasteiger charge is 2.17. The molecule has 2 aliphatic heterocycles. The van der Waals surface area contributed by atoms with Gasteiger partial charge in [-0.2, -0.15) is 0 Å². The SMILES string of the molecule is CCC(CC)C/C=C/N1CCCCC1.CCC(CC)CCC(=O)N1CCCCC1. The number of nitrogens with zero attached hydrogens (tertiary/aromatic N) is 2. The Morgan fingerprint density at radius 1 is 0.759 bits per heavy atom. The van der Waals surface area contributed by atoms with Crippen molar-refractivity contribution in [1.82, 2.24) is 9.80 Å². The third-order valence-electron chi connectivity index (χ3n) is 6.96. The summed E-state index contributed by atoms with van der Waals surface area (Å²) in [5.41, 5.74) is 0. The number of piperidine rings is 2. The Kier molecular flexibility index (Phi) is 15.1. The predicted molar refractivity (Wildman–Crippen MR) is 127 cm³/mol. The van der Waals surface area contributed by atoms with Gasteiger partial charge in [0.1, 0.15) is 0 Å². The number of hydrogen-bond acceptors (Lipinski definition) is 2. The molecule has 0 radical (unpaired) electrons. The van der Waals surface area contributed by atoms with Crippen molar-refractivity contribution in [2.75, 3.05) is 26.2 Å². The first-order valence-electron chi connectivity index (χ1n) is 12.8. The van der Waals surface area contributed by atoms with E-state index in [1.54, 1.807) is 0 Å². The molecule has 0 saturated carbocycles. The molecule has 0 aromatic rings. The number of amides is 1. The van der Waals surface area contributed by atoms with Crippen LogP contribution < -0.4 is 0 Å². The number of hydrogen-bond donors (Lipinski definition) is 0. The molecular formula is C26H50N2O. The second-order valence-corrected chi connectivity index (χ2v) is 9.06. The molecule has 2 rings (SSSR count). The summed E-state index contributed by atoms with van der Waals surface area (Å²) in [5.74, 6) is 2.04. The number of likely N-dealkylation sites (tertiary alicyclic amines) is 2. The first-order chi connectivity index (χ1) is 14.1. The zero-order valence-electron chi connectivity index (χ0n) is 20.1. The van der Waals surface area contributed by atoms with Crippen LogP contribution in [0, 0.1) is 11.8 Å². The standard InChI is InChI=1S/C13H25NO.C13H25N/c1-3-12(4-2)8-9-13(15)14-10-6-5-7-11-14;1-3-13(4-2)9-8-12-14-10-6-5-7-11-14/h12H,3-11H2,1-2H3;8,12-13H,3-7,9-11H2,1-2H3/b;12-8+. The zero-order chi connectivity index (χ0) is 21.3. The fraction of sp³-hybridized carbons (Fsp3) is 0.885. The molecule has 3 heteroatoms. The molecule has 0 aliphatic carbocycles. The van der Waals surface area contributed by atoms with Crippen molar-refractivity contribution in [2.24, 2.45) is 11.8 Å². The van der Waals surface area contributed by atoms with Crippen molar-refractivity contribution in [3.05, 3.63) is 12.3 Å². The highest BCUT2D eigenvalue weighted by atomic mass is 16.2. The maximum Gasteiger partial charge on any atom is 0.222 e. The number of carbonyl (C=O) groups excluding carboxylic acids is 1. The first-order valence-corrected chi connectivity index (χ1v) is 12.8. The van der Waals surface area contributed by atoms with Gasteiger partial charge in [-0.1, -0.05) is 59.5 Å². The van der Waals surface area contributed by atoms with E-state index in [4.69, 9.17) is 0 Å². The van der Waals surface area contributed by atoms with Gasteiger partial charge in [0.2, 0.25) is 5.91 Å². The van der Waals surface area contributed by atoms with Crippen LogP contribution in [-0.2, 0) is 4.79 Å². The summed E-state index contributed by atoms with van der Waals surface area (Å²) >= 11 is 0. The van der Waals surface area contributed by atoms with Gasteiger partial charge >= 0.3 is 0 Å². The van der Waals surface area contributed by atoms with Crippen molar-refractivity contribution in [3.63, 3.8) is 0 Å². The largest absolute Gasteiger partial charge is 0.378 e. The summed E-state index contributed by atoms with van der Waals surface area (Å²) in [6.07, 6.45) is 20.8. The molecule has 2 aliphatic rings. The Morgan fingerprint density at radius 2 is 1.28 bits per heavy atom. The smallest absolute Gasteiger partial charge is 0.222 e. The molecule has 2 heterocycles. The second-order valence-electron chi connectivity index (χ2n) is 9.06. The van der Waals surface area contributed by atoms with Crippen molar-refractivity contribution in [2.45, 2.75) is 111 Å². The van der Waals surface area contributed by atoms with Gasteiger partial charge < -0.3 is 9.80 Å². The summed E-state index contributed by atoms with van der Waals surface area (Å²) < 4.78 is 0. The van der Waals surface area contributed by atoms with E-state index >= 15 is 0 Å². The Bertz CT molecular complexity index is 414. The lowest BCUT2D eigenvalue weighted by molar-refractivity contribution is -0.132. The van der Waals surface area contributed by atoms with Crippen molar-refractivity contribution in [3.8, 4) is 0 Å². The molecule has 3 nitrogen and oxygen atoms in total. The maximum atomic E-state index is 11.9. The average Bonchev–Trinajstić information content (AvgIpc) is 2.79. The highest BCUT2D eigenvalue weighted by molar-refractivity contribution is 5.76. The zero-order valence-corrected chi connectivity index (χ0v) is 20.1. The molecule has 2 saturated heterocycles. The summed E-state index contributed by atoms with van der Waals surface area (Å²) in [4.78, 5) is 16.4. The van der Waals surface area contributed by atoms with Crippen LogP contribution >= 0.6 is 0 Å². The van der Waals surface area contributed by atoms with Gasteiger partial charge in [-0.25, -0.2) is 0 Å². The van der Waals surface area contributed by atoms with Crippen LogP contribution in [0.15, 0.2) is 12.3 Å². The van der Waals surface area contributed by atoms with E-state index in [1.807, 2.05) is 0 Å². The molecule has 0 unspecified atom stereocenters. The van der Waals surface area contributed by atoms with Crippen LogP contribution in [-0.4, -0.2) is 41.9 Å². The summed E-state index contributed by atoms with van der Waals surface area (Å²) in [6, 6.07) is 0. The lowest BCUT2D eigenvalue weighted by atomic mass is 9.97. The van der Waals surface area contributed by atoms with E-state index in [2.05, 4.69) is 49.8 Å². The molecule has 0 atom stereocenters. The lowest BCUT2D eigenvalue weighted by Crippen LogP contribution is -2.35. The van der Waals surface area contributed by atoms with E-state index in [0.717, 1.165) is 37.8 Å². The van der Waals surface area contributed by atoms with Gasteiger partial charge in [0.25, 0.3) is 0 Å². The molecule has 170 valence electrons. The quantitative estimate of drug-likeness (QED) is 0.389. The van der Waals surface area contributed by atoms with Gasteiger partial charge in [-0.3, -0.25) is 4.79 Å². The number of allylic oxidation sites excluding steroid dienone is 1. The van der Waals surface area contributed by atoms with Crippen molar-refractivity contribution in [1.29, 1.82) is 0 Å². The Balaban J connectivity index is 0.000000291. The highest BCUT2D eigenvalue weighted by Crippen LogP contribution is 2.17. The summed E-state index contributed by atoms with van der Waals surface area (Å²) in [7, 11) is 0. The molecule has 0 aromatic carbocycles. The fourth-order valence-electron chi connectivity index (χ4n) is 4.42. The minimum absolute atomic E-state index is 0.390. The average molecular weight is 407 g/mol. The van der Waals surface area contributed by atoms with Crippen LogP contribution in [0.5, 0.6) is 0 Å². The Labute approximate surface area is 182 Å².